The maximum Gasteiger partial charge on any atom is 0.227 e. The van der Waals surface area contributed by atoms with E-state index in [-0.39, 0.29) is 16.0 Å². The monoisotopic (exact) mass is 281 g/mol. The highest BCUT2D eigenvalue weighted by atomic mass is 35.5. The normalized spacial score (nSPS) is 11.6. The highest BCUT2D eigenvalue weighted by molar-refractivity contribution is 6.31. The van der Waals surface area contributed by atoms with E-state index in [1.165, 1.54) is 5.56 Å². The molecule has 0 amide bonds. The number of hydrogen-bond acceptors (Lipinski definition) is 3. The Labute approximate surface area is 116 Å². The molecule has 0 saturated heterocycles. The van der Waals surface area contributed by atoms with E-state index in [9.17, 15) is 0 Å². The summed E-state index contributed by atoms with van der Waals surface area (Å²) in [7, 11) is 0. The molecule has 0 radical (unpaired) electrons. The van der Waals surface area contributed by atoms with Crippen LogP contribution >= 0.6 is 23.2 Å². The number of rotatable bonds is 1. The lowest BCUT2D eigenvalue weighted by Crippen LogP contribution is -2.10. The molecule has 1 aromatic heterocycles. The Morgan fingerprint density at radius 1 is 0.833 bits per heavy atom. The smallest absolute Gasteiger partial charge is 0.198 e. The first-order valence-corrected chi connectivity index (χ1v) is 6.30. The second kappa shape index (κ2) is 4.82. The molecule has 1 heterocycles. The van der Waals surface area contributed by atoms with Crippen molar-refractivity contribution in [1.82, 2.24) is 15.0 Å². The molecule has 5 heteroatoms. The fourth-order valence-electron chi connectivity index (χ4n) is 1.57. The van der Waals surface area contributed by atoms with Crippen molar-refractivity contribution in [3.63, 3.8) is 0 Å². The molecule has 0 fully saturated rings. The third-order valence-electron chi connectivity index (χ3n) is 2.59. The van der Waals surface area contributed by atoms with Gasteiger partial charge in [0.05, 0.1) is 0 Å². The van der Waals surface area contributed by atoms with Gasteiger partial charge in [-0.05, 0) is 34.2 Å². The zero-order valence-electron chi connectivity index (χ0n) is 10.4. The van der Waals surface area contributed by atoms with Crippen molar-refractivity contribution in [2.24, 2.45) is 0 Å². The molecule has 2 aromatic rings. The van der Waals surface area contributed by atoms with E-state index < -0.39 is 0 Å². The van der Waals surface area contributed by atoms with Crippen LogP contribution in [0.25, 0.3) is 11.4 Å². The van der Waals surface area contributed by atoms with Crippen molar-refractivity contribution in [3.8, 4) is 11.4 Å². The van der Waals surface area contributed by atoms with Crippen molar-refractivity contribution in [2.75, 3.05) is 0 Å². The summed E-state index contributed by atoms with van der Waals surface area (Å²) in [6, 6.07) is 8.03. The summed E-state index contributed by atoms with van der Waals surface area (Å²) in [5.74, 6) is 0.487. The molecule has 0 saturated carbocycles. The molecule has 0 atom stereocenters. The summed E-state index contributed by atoms with van der Waals surface area (Å²) in [5, 5.41) is 0.204. The van der Waals surface area contributed by atoms with E-state index >= 15 is 0 Å². The zero-order chi connectivity index (χ0) is 13.3. The summed E-state index contributed by atoms with van der Waals surface area (Å²) in [6.45, 7) is 6.50. The molecule has 0 bridgehead atoms. The number of nitrogens with zero attached hydrogens (tertiary/aromatic N) is 3. The van der Waals surface area contributed by atoms with Gasteiger partial charge in [0.15, 0.2) is 5.82 Å². The van der Waals surface area contributed by atoms with Gasteiger partial charge in [-0.1, -0.05) is 45.0 Å². The van der Waals surface area contributed by atoms with E-state index in [4.69, 9.17) is 23.2 Å². The predicted octanol–water partition coefficient (Wildman–Crippen LogP) is 4.14. The minimum absolute atomic E-state index is 0.102. The van der Waals surface area contributed by atoms with Gasteiger partial charge in [0.25, 0.3) is 0 Å². The average Bonchev–Trinajstić information content (AvgIpc) is 2.27. The second-order valence-corrected chi connectivity index (χ2v) is 5.70. The summed E-state index contributed by atoms with van der Waals surface area (Å²) >= 11 is 11.5. The first-order valence-electron chi connectivity index (χ1n) is 5.54. The van der Waals surface area contributed by atoms with Crippen LogP contribution in [0.1, 0.15) is 26.3 Å². The Morgan fingerprint density at radius 3 is 1.78 bits per heavy atom. The van der Waals surface area contributed by atoms with Crippen molar-refractivity contribution < 1.29 is 0 Å². The van der Waals surface area contributed by atoms with Crippen molar-refractivity contribution in [1.29, 1.82) is 0 Å². The van der Waals surface area contributed by atoms with Crippen LogP contribution in [-0.2, 0) is 5.41 Å². The number of halogens is 2. The molecule has 0 spiro atoms. The van der Waals surface area contributed by atoms with E-state index in [0.29, 0.717) is 5.82 Å². The molecule has 0 unspecified atom stereocenters. The predicted molar refractivity (Wildman–Crippen MR) is 74.0 cm³/mol. The van der Waals surface area contributed by atoms with Gasteiger partial charge < -0.3 is 0 Å². The molecule has 3 nitrogen and oxygen atoms in total. The minimum atomic E-state index is 0.102. The molecule has 2 rings (SSSR count). The molecule has 0 N–H and O–H groups in total. The molecule has 0 aliphatic carbocycles. The molecule has 1 aromatic carbocycles. The van der Waals surface area contributed by atoms with Crippen LogP contribution in [0, 0.1) is 0 Å². The Hall–Kier alpha value is -1.19. The van der Waals surface area contributed by atoms with Crippen molar-refractivity contribution in [3.05, 3.63) is 40.4 Å². The average molecular weight is 282 g/mol. The van der Waals surface area contributed by atoms with E-state index in [0.717, 1.165) is 5.56 Å². The molecular weight excluding hydrogens is 269 g/mol. The standard InChI is InChI=1S/C13H13Cl2N3/c1-13(2,3)9-6-4-8(5-7-9)10-16-11(14)18-12(15)17-10/h4-7H,1-3H3. The van der Waals surface area contributed by atoms with Gasteiger partial charge in [0, 0.05) is 5.56 Å². The van der Waals surface area contributed by atoms with Crippen LogP contribution < -0.4 is 0 Å². The van der Waals surface area contributed by atoms with E-state index in [2.05, 4.69) is 47.9 Å². The summed E-state index contributed by atoms with van der Waals surface area (Å²) in [6.07, 6.45) is 0. The van der Waals surface area contributed by atoms with Crippen LogP contribution in [0.5, 0.6) is 0 Å². The quantitative estimate of drug-likeness (QED) is 0.789. The molecule has 18 heavy (non-hydrogen) atoms. The molecule has 0 aliphatic heterocycles. The van der Waals surface area contributed by atoms with Gasteiger partial charge in [0.2, 0.25) is 10.6 Å². The maximum atomic E-state index is 5.76. The van der Waals surface area contributed by atoms with Crippen LogP contribution in [0.4, 0.5) is 0 Å². The van der Waals surface area contributed by atoms with Crippen molar-refractivity contribution >= 4 is 23.2 Å². The topological polar surface area (TPSA) is 38.7 Å². The number of benzene rings is 1. The number of aromatic nitrogens is 3. The molecule has 0 aliphatic rings. The van der Waals surface area contributed by atoms with Crippen LogP contribution in [0.15, 0.2) is 24.3 Å². The first-order chi connectivity index (χ1) is 8.36. The van der Waals surface area contributed by atoms with Crippen LogP contribution in [0.3, 0.4) is 0 Å². The van der Waals surface area contributed by atoms with Gasteiger partial charge in [-0.25, -0.2) is 0 Å². The lowest BCUT2D eigenvalue weighted by molar-refractivity contribution is 0.590. The van der Waals surface area contributed by atoms with Gasteiger partial charge in [0.1, 0.15) is 0 Å². The third-order valence-corrected chi connectivity index (χ3v) is 2.93. The highest BCUT2D eigenvalue weighted by Crippen LogP contribution is 2.25. The summed E-state index contributed by atoms with van der Waals surface area (Å²) in [4.78, 5) is 11.8. The largest absolute Gasteiger partial charge is 0.227 e. The van der Waals surface area contributed by atoms with Gasteiger partial charge >= 0.3 is 0 Å². The maximum absolute atomic E-state index is 5.76. The second-order valence-electron chi connectivity index (χ2n) is 5.02. The Kier molecular flexibility index (Phi) is 3.55. The van der Waals surface area contributed by atoms with Crippen molar-refractivity contribution in [2.45, 2.75) is 26.2 Å². The molecular formula is C13H13Cl2N3. The van der Waals surface area contributed by atoms with Gasteiger partial charge in [-0.15, -0.1) is 0 Å². The highest BCUT2D eigenvalue weighted by Gasteiger charge is 2.14. The zero-order valence-corrected chi connectivity index (χ0v) is 11.9. The number of hydrogen-bond donors (Lipinski definition) is 0. The fourth-order valence-corrected chi connectivity index (χ4v) is 1.94. The van der Waals surface area contributed by atoms with E-state index in [1.807, 2.05) is 12.1 Å². The minimum Gasteiger partial charge on any atom is -0.198 e. The lowest BCUT2D eigenvalue weighted by atomic mass is 9.87. The lowest BCUT2D eigenvalue weighted by Gasteiger charge is -2.18. The Morgan fingerprint density at radius 2 is 1.33 bits per heavy atom. The van der Waals surface area contributed by atoms with Crippen LogP contribution in [-0.4, -0.2) is 15.0 Å². The van der Waals surface area contributed by atoms with Gasteiger partial charge in [-0.3, -0.25) is 0 Å². The third kappa shape index (κ3) is 2.98. The molecule has 94 valence electrons. The first kappa shape index (κ1) is 13.2. The Bertz CT molecular complexity index is 539. The SMILES string of the molecule is CC(C)(C)c1ccc(-c2nc(Cl)nc(Cl)n2)cc1. The fraction of sp³-hybridized carbons (Fsp3) is 0.308. The van der Waals surface area contributed by atoms with E-state index in [1.54, 1.807) is 0 Å². The Balaban J connectivity index is 2.40. The van der Waals surface area contributed by atoms with Crippen LogP contribution in [0.2, 0.25) is 10.6 Å². The van der Waals surface area contributed by atoms with Gasteiger partial charge in [-0.2, -0.15) is 15.0 Å². The summed E-state index contributed by atoms with van der Waals surface area (Å²) in [5.41, 5.74) is 2.24. The summed E-state index contributed by atoms with van der Waals surface area (Å²) < 4.78 is 0.